The number of carbonyl (C=O) groups is 1. The maximum absolute atomic E-state index is 12.3. The van der Waals surface area contributed by atoms with Gasteiger partial charge in [0.1, 0.15) is 0 Å². The van der Waals surface area contributed by atoms with Gasteiger partial charge in [-0.25, -0.2) is 0 Å². The molecular formula is C16H23BrN2O. The summed E-state index contributed by atoms with van der Waals surface area (Å²) in [5.74, 6) is 0.0162. The van der Waals surface area contributed by atoms with Gasteiger partial charge in [0.15, 0.2) is 0 Å². The van der Waals surface area contributed by atoms with E-state index in [1.165, 1.54) is 12.8 Å². The zero-order valence-electron chi connectivity index (χ0n) is 12.5. The molecule has 0 heterocycles. The minimum atomic E-state index is 0.0162. The molecular weight excluding hydrogens is 316 g/mol. The molecule has 1 aliphatic carbocycles. The van der Waals surface area contributed by atoms with Gasteiger partial charge in [-0.15, -0.1) is 0 Å². The highest BCUT2D eigenvalue weighted by Gasteiger charge is 2.36. The van der Waals surface area contributed by atoms with Crippen LogP contribution in [0.1, 0.15) is 41.6 Å². The van der Waals surface area contributed by atoms with Crippen molar-refractivity contribution in [1.82, 2.24) is 10.2 Å². The number of halogens is 1. The lowest BCUT2D eigenvalue weighted by Crippen LogP contribution is -2.50. The number of hydrogen-bond donors (Lipinski definition) is 1. The number of carbonyl (C=O) groups excluding carboxylic acids is 1. The number of hydrogen-bond acceptors (Lipinski definition) is 2. The van der Waals surface area contributed by atoms with Crippen LogP contribution in [0, 0.1) is 6.92 Å². The van der Waals surface area contributed by atoms with E-state index >= 15 is 0 Å². The Hall–Kier alpha value is -0.870. The van der Waals surface area contributed by atoms with Gasteiger partial charge in [0, 0.05) is 22.1 Å². The molecule has 20 heavy (non-hydrogen) atoms. The standard InChI is InChI=1S/C16H23BrN2O/c1-12-8-13(10-14(17)9-12)15(20)18-11-16(19(2)3)6-4-5-7-16/h8-10H,4-7,11H2,1-3H3,(H,18,20). The molecule has 1 fully saturated rings. The predicted molar refractivity (Wildman–Crippen MR) is 86.1 cm³/mol. The molecule has 0 spiro atoms. The summed E-state index contributed by atoms with van der Waals surface area (Å²) in [4.78, 5) is 14.6. The van der Waals surface area contributed by atoms with E-state index < -0.39 is 0 Å². The van der Waals surface area contributed by atoms with Crippen molar-refractivity contribution >= 4 is 21.8 Å². The first-order valence-electron chi connectivity index (χ1n) is 7.16. The van der Waals surface area contributed by atoms with Gasteiger partial charge in [-0.3, -0.25) is 4.79 Å². The van der Waals surface area contributed by atoms with E-state index in [9.17, 15) is 4.79 Å². The number of amides is 1. The third-order valence-corrected chi connectivity index (χ3v) is 4.82. The second-order valence-electron chi connectivity index (χ2n) is 6.03. The van der Waals surface area contributed by atoms with E-state index in [2.05, 4.69) is 40.2 Å². The largest absolute Gasteiger partial charge is 0.350 e. The molecule has 110 valence electrons. The highest BCUT2D eigenvalue weighted by atomic mass is 79.9. The van der Waals surface area contributed by atoms with Gasteiger partial charge in [-0.1, -0.05) is 28.8 Å². The molecule has 0 aliphatic heterocycles. The maximum atomic E-state index is 12.3. The first kappa shape index (κ1) is 15.5. The lowest BCUT2D eigenvalue weighted by atomic mass is 9.96. The van der Waals surface area contributed by atoms with E-state index in [0.29, 0.717) is 0 Å². The van der Waals surface area contributed by atoms with Gasteiger partial charge in [0.2, 0.25) is 0 Å². The van der Waals surface area contributed by atoms with Gasteiger partial charge >= 0.3 is 0 Å². The van der Waals surface area contributed by atoms with Crippen LogP contribution in [0.5, 0.6) is 0 Å². The van der Waals surface area contributed by atoms with Crippen molar-refractivity contribution < 1.29 is 4.79 Å². The molecule has 0 radical (unpaired) electrons. The highest BCUT2D eigenvalue weighted by molar-refractivity contribution is 9.10. The average Bonchev–Trinajstić information content (AvgIpc) is 2.84. The van der Waals surface area contributed by atoms with Crippen LogP contribution in [0.3, 0.4) is 0 Å². The summed E-state index contributed by atoms with van der Waals surface area (Å²) in [7, 11) is 4.22. The number of nitrogens with one attached hydrogen (secondary N) is 1. The van der Waals surface area contributed by atoms with Crippen LogP contribution in [0.25, 0.3) is 0 Å². The van der Waals surface area contributed by atoms with E-state index in [-0.39, 0.29) is 11.4 Å². The van der Waals surface area contributed by atoms with Gasteiger partial charge in [0.25, 0.3) is 5.91 Å². The molecule has 0 saturated heterocycles. The van der Waals surface area contributed by atoms with Crippen LogP contribution >= 0.6 is 15.9 Å². The number of likely N-dealkylation sites (N-methyl/N-ethyl adjacent to an activating group) is 1. The Morgan fingerprint density at radius 1 is 1.30 bits per heavy atom. The molecule has 0 aromatic heterocycles. The van der Waals surface area contributed by atoms with Crippen molar-refractivity contribution in [3.05, 3.63) is 33.8 Å². The van der Waals surface area contributed by atoms with E-state index in [1.807, 2.05) is 25.1 Å². The van der Waals surface area contributed by atoms with Gasteiger partial charge in [-0.05, 0) is 57.6 Å². The normalized spacial score (nSPS) is 17.4. The van der Waals surface area contributed by atoms with Crippen molar-refractivity contribution in [2.24, 2.45) is 0 Å². The van der Waals surface area contributed by atoms with Crippen LogP contribution in [-0.4, -0.2) is 37.0 Å². The lowest BCUT2D eigenvalue weighted by Gasteiger charge is -2.36. The highest BCUT2D eigenvalue weighted by Crippen LogP contribution is 2.33. The van der Waals surface area contributed by atoms with Crippen LogP contribution in [-0.2, 0) is 0 Å². The summed E-state index contributed by atoms with van der Waals surface area (Å²) in [5.41, 5.74) is 1.95. The molecule has 4 heteroatoms. The van der Waals surface area contributed by atoms with Crippen LogP contribution in [0.4, 0.5) is 0 Å². The topological polar surface area (TPSA) is 32.3 Å². The SMILES string of the molecule is Cc1cc(Br)cc(C(=O)NCC2(N(C)C)CCCC2)c1. The Morgan fingerprint density at radius 2 is 1.95 bits per heavy atom. The third kappa shape index (κ3) is 3.41. The Morgan fingerprint density at radius 3 is 2.50 bits per heavy atom. The molecule has 1 aromatic rings. The van der Waals surface area contributed by atoms with E-state index in [1.54, 1.807) is 0 Å². The summed E-state index contributed by atoms with van der Waals surface area (Å²) in [6.07, 6.45) is 4.84. The molecule has 1 saturated carbocycles. The summed E-state index contributed by atoms with van der Waals surface area (Å²) in [5, 5.41) is 3.12. The van der Waals surface area contributed by atoms with Crippen molar-refractivity contribution in [2.75, 3.05) is 20.6 Å². The molecule has 0 bridgehead atoms. The number of benzene rings is 1. The average molecular weight is 339 g/mol. The van der Waals surface area contributed by atoms with Gasteiger partial charge in [0.05, 0.1) is 0 Å². The van der Waals surface area contributed by atoms with Crippen LogP contribution in [0.15, 0.2) is 22.7 Å². The molecule has 1 aromatic carbocycles. The summed E-state index contributed by atoms with van der Waals surface area (Å²) < 4.78 is 0.950. The van der Waals surface area contributed by atoms with Crippen molar-refractivity contribution in [1.29, 1.82) is 0 Å². The Balaban J connectivity index is 2.04. The molecule has 3 nitrogen and oxygen atoms in total. The quantitative estimate of drug-likeness (QED) is 0.912. The first-order valence-corrected chi connectivity index (χ1v) is 7.95. The van der Waals surface area contributed by atoms with Crippen molar-refractivity contribution in [3.63, 3.8) is 0 Å². The zero-order valence-corrected chi connectivity index (χ0v) is 14.1. The fraction of sp³-hybridized carbons (Fsp3) is 0.562. The minimum absolute atomic E-state index is 0.0162. The minimum Gasteiger partial charge on any atom is -0.350 e. The van der Waals surface area contributed by atoms with Gasteiger partial charge < -0.3 is 10.2 Å². The smallest absolute Gasteiger partial charge is 0.251 e. The first-order chi connectivity index (χ1) is 9.43. The summed E-state index contributed by atoms with van der Waals surface area (Å²) in [6.45, 7) is 2.73. The maximum Gasteiger partial charge on any atom is 0.251 e. The summed E-state index contributed by atoms with van der Waals surface area (Å²) in [6, 6.07) is 5.81. The van der Waals surface area contributed by atoms with Crippen LogP contribution in [0.2, 0.25) is 0 Å². The fourth-order valence-electron chi connectivity index (χ4n) is 3.03. The molecule has 1 amide bonds. The molecule has 0 atom stereocenters. The molecule has 2 rings (SSSR count). The predicted octanol–water partition coefficient (Wildman–Crippen LogP) is 3.36. The Bertz CT molecular complexity index is 473. The molecule has 0 unspecified atom stereocenters. The zero-order chi connectivity index (χ0) is 14.8. The van der Waals surface area contributed by atoms with Crippen molar-refractivity contribution in [3.8, 4) is 0 Å². The fourth-order valence-corrected chi connectivity index (χ4v) is 3.64. The van der Waals surface area contributed by atoms with E-state index in [4.69, 9.17) is 0 Å². The van der Waals surface area contributed by atoms with Crippen LogP contribution < -0.4 is 5.32 Å². The second-order valence-corrected chi connectivity index (χ2v) is 6.94. The Labute approximate surface area is 129 Å². The monoisotopic (exact) mass is 338 g/mol. The summed E-state index contributed by atoms with van der Waals surface area (Å²) >= 11 is 3.44. The number of aryl methyl sites for hydroxylation is 1. The molecule has 1 aliphatic rings. The second kappa shape index (κ2) is 6.27. The number of nitrogens with zero attached hydrogens (tertiary/aromatic N) is 1. The lowest BCUT2D eigenvalue weighted by molar-refractivity contribution is 0.0900. The number of rotatable bonds is 4. The van der Waals surface area contributed by atoms with Gasteiger partial charge in [-0.2, -0.15) is 0 Å². The third-order valence-electron chi connectivity index (χ3n) is 4.37. The van der Waals surface area contributed by atoms with Crippen molar-refractivity contribution in [2.45, 2.75) is 38.1 Å². The van der Waals surface area contributed by atoms with E-state index in [0.717, 1.165) is 35.0 Å². The molecule has 1 N–H and O–H groups in total. The Kier molecular flexibility index (Phi) is 4.86.